The second kappa shape index (κ2) is 8.65. The van der Waals surface area contributed by atoms with Crippen LogP contribution in [0.2, 0.25) is 0 Å². The third-order valence-corrected chi connectivity index (χ3v) is 9.43. The van der Waals surface area contributed by atoms with Crippen molar-refractivity contribution in [1.29, 1.82) is 5.26 Å². The number of rotatable bonds is 6. The summed E-state index contributed by atoms with van der Waals surface area (Å²) in [7, 11) is 5.52. The van der Waals surface area contributed by atoms with Gasteiger partial charge in [0.25, 0.3) is 0 Å². The number of pyridine rings is 1. The molecule has 0 amide bonds. The minimum absolute atomic E-state index is 0.164. The topological polar surface area (TPSA) is 110 Å². The number of nitrogens with zero attached hydrogens (tertiary/aromatic N) is 7. The van der Waals surface area contributed by atoms with Crippen LogP contribution in [0.1, 0.15) is 36.8 Å². The predicted octanol–water partition coefficient (Wildman–Crippen LogP) is 4.65. The zero-order chi connectivity index (χ0) is 27.9. The van der Waals surface area contributed by atoms with Crippen molar-refractivity contribution in [3.63, 3.8) is 0 Å². The SMILES string of the molecule is COc1nn(C)cc1-c1[nH]c2ncc3c(c2c1-c1ccc2c(cnn2C)c1)C1(CCN(CC2(CC#N)CC2)C1)OC3. The molecule has 0 bridgehead atoms. The number of methoxy groups -OCH3 is 1. The van der Waals surface area contributed by atoms with E-state index in [2.05, 4.69) is 44.3 Å². The summed E-state index contributed by atoms with van der Waals surface area (Å²) in [5.74, 6) is 0.560. The Morgan fingerprint density at radius 2 is 2.07 bits per heavy atom. The molecule has 8 rings (SSSR count). The number of fused-ring (bicyclic) bond motifs is 5. The molecule has 5 aromatic rings. The number of ether oxygens (including phenoxy) is 2. The fourth-order valence-corrected chi connectivity index (χ4v) is 7.24. The molecule has 1 N–H and O–H groups in total. The van der Waals surface area contributed by atoms with Crippen molar-refractivity contribution in [3.05, 3.63) is 47.9 Å². The summed E-state index contributed by atoms with van der Waals surface area (Å²) in [6.07, 6.45) is 9.72. The lowest BCUT2D eigenvalue weighted by atomic mass is 9.86. The summed E-state index contributed by atoms with van der Waals surface area (Å²) in [5.41, 5.74) is 8.01. The maximum Gasteiger partial charge on any atom is 0.241 e. The van der Waals surface area contributed by atoms with E-state index in [4.69, 9.17) is 14.5 Å². The first-order chi connectivity index (χ1) is 19.9. The molecule has 2 aliphatic heterocycles. The van der Waals surface area contributed by atoms with Crippen LogP contribution in [0.3, 0.4) is 0 Å². The Hall–Kier alpha value is -4.20. The van der Waals surface area contributed by atoms with Gasteiger partial charge in [-0.05, 0) is 42.4 Å². The smallest absolute Gasteiger partial charge is 0.241 e. The number of benzene rings is 1. The summed E-state index contributed by atoms with van der Waals surface area (Å²) < 4.78 is 16.1. The Kier molecular flexibility index (Phi) is 5.19. The number of hydrogen-bond donors (Lipinski definition) is 1. The van der Waals surface area contributed by atoms with E-state index in [0.29, 0.717) is 18.9 Å². The Morgan fingerprint density at radius 3 is 2.88 bits per heavy atom. The van der Waals surface area contributed by atoms with E-state index < -0.39 is 5.60 Å². The zero-order valence-electron chi connectivity index (χ0n) is 23.6. The lowest BCUT2D eigenvalue weighted by Gasteiger charge is -2.27. The molecule has 1 aliphatic carbocycles. The summed E-state index contributed by atoms with van der Waals surface area (Å²) in [6, 6.07) is 8.93. The molecular formula is C31H32N8O2. The Balaban J connectivity index is 1.33. The minimum Gasteiger partial charge on any atom is -0.479 e. The van der Waals surface area contributed by atoms with E-state index in [1.54, 1.807) is 11.8 Å². The monoisotopic (exact) mass is 548 g/mol. The van der Waals surface area contributed by atoms with Gasteiger partial charge < -0.3 is 14.5 Å². The molecule has 6 heterocycles. The van der Waals surface area contributed by atoms with Gasteiger partial charge in [0.05, 0.1) is 42.8 Å². The molecule has 3 aliphatic rings. The molecule has 1 spiro atoms. The Labute approximate surface area is 237 Å². The normalized spacial score (nSPS) is 21.2. The fraction of sp³-hybridized carbons (Fsp3) is 0.419. The van der Waals surface area contributed by atoms with Gasteiger partial charge in [0.15, 0.2) is 0 Å². The van der Waals surface area contributed by atoms with E-state index in [0.717, 1.165) is 88.8 Å². The van der Waals surface area contributed by atoms with Gasteiger partial charge in [-0.25, -0.2) is 4.98 Å². The van der Waals surface area contributed by atoms with E-state index in [1.807, 2.05) is 37.4 Å². The molecule has 41 heavy (non-hydrogen) atoms. The molecule has 10 nitrogen and oxygen atoms in total. The molecule has 1 unspecified atom stereocenters. The lowest BCUT2D eigenvalue weighted by Crippen LogP contribution is -2.34. The predicted molar refractivity (Wildman–Crippen MR) is 154 cm³/mol. The summed E-state index contributed by atoms with van der Waals surface area (Å²) >= 11 is 0. The van der Waals surface area contributed by atoms with Crippen LogP contribution in [0.4, 0.5) is 0 Å². The molecule has 208 valence electrons. The molecule has 4 aromatic heterocycles. The van der Waals surface area contributed by atoms with Crippen LogP contribution < -0.4 is 4.74 Å². The van der Waals surface area contributed by atoms with Crippen LogP contribution in [0.5, 0.6) is 5.88 Å². The van der Waals surface area contributed by atoms with Gasteiger partial charge in [-0.1, -0.05) is 6.07 Å². The molecule has 1 saturated heterocycles. The molecule has 10 heteroatoms. The van der Waals surface area contributed by atoms with Crippen LogP contribution >= 0.6 is 0 Å². The second-order valence-corrected chi connectivity index (χ2v) is 12.1. The number of aryl methyl sites for hydroxylation is 2. The Bertz CT molecular complexity index is 1890. The highest BCUT2D eigenvalue weighted by molar-refractivity contribution is 6.06. The largest absolute Gasteiger partial charge is 0.479 e. The lowest BCUT2D eigenvalue weighted by molar-refractivity contribution is -0.0296. The summed E-state index contributed by atoms with van der Waals surface area (Å²) in [6.45, 7) is 3.30. The van der Waals surface area contributed by atoms with E-state index in [1.165, 1.54) is 5.56 Å². The highest BCUT2D eigenvalue weighted by Crippen LogP contribution is 2.54. The number of nitrogens with one attached hydrogen (secondary N) is 1. The summed E-state index contributed by atoms with van der Waals surface area (Å²) in [5, 5.41) is 20.6. The average Bonchev–Trinajstić information content (AvgIpc) is 3.44. The zero-order valence-corrected chi connectivity index (χ0v) is 23.6. The second-order valence-electron chi connectivity index (χ2n) is 12.1. The van der Waals surface area contributed by atoms with Gasteiger partial charge in [-0.15, -0.1) is 5.10 Å². The van der Waals surface area contributed by atoms with Crippen LogP contribution in [-0.2, 0) is 31.0 Å². The first-order valence-corrected chi connectivity index (χ1v) is 14.2. The van der Waals surface area contributed by atoms with E-state index in [9.17, 15) is 5.26 Å². The van der Waals surface area contributed by atoms with E-state index >= 15 is 0 Å². The highest BCUT2D eigenvalue weighted by Gasteiger charge is 2.51. The van der Waals surface area contributed by atoms with Crippen molar-refractivity contribution in [2.45, 2.75) is 37.9 Å². The number of likely N-dealkylation sites (tertiary alicyclic amines) is 1. The highest BCUT2D eigenvalue weighted by atomic mass is 16.5. The maximum atomic E-state index is 9.39. The molecule has 1 atom stereocenters. The third-order valence-electron chi connectivity index (χ3n) is 9.43. The Morgan fingerprint density at radius 1 is 1.20 bits per heavy atom. The fourth-order valence-electron chi connectivity index (χ4n) is 7.24. The molecular weight excluding hydrogens is 516 g/mol. The summed E-state index contributed by atoms with van der Waals surface area (Å²) in [4.78, 5) is 11.1. The number of nitriles is 1. The number of H-pyrrole nitrogens is 1. The molecule has 1 saturated carbocycles. The van der Waals surface area contributed by atoms with Crippen LogP contribution in [-0.4, -0.2) is 61.2 Å². The van der Waals surface area contributed by atoms with Crippen LogP contribution in [0.25, 0.3) is 44.3 Å². The molecule has 1 aromatic carbocycles. The first-order valence-electron chi connectivity index (χ1n) is 14.2. The van der Waals surface area contributed by atoms with Gasteiger partial charge in [0, 0.05) is 80.0 Å². The van der Waals surface area contributed by atoms with E-state index in [-0.39, 0.29) is 5.41 Å². The van der Waals surface area contributed by atoms with Crippen LogP contribution in [0, 0.1) is 16.7 Å². The number of aromatic amines is 1. The standard InChI is InChI=1S/C31H32N8O2/c1-37-15-22(29(36-37)40-3)27-24(19-4-5-23-20(12-19)14-34-38(23)2)25-26-21(13-33-28(25)35-27)16-41-31(26)9-11-39(18-31)17-30(6-7-30)8-10-32/h4-5,12-15H,6-9,11,16-18H2,1-3H3,(H,33,35). The third kappa shape index (κ3) is 3.65. The minimum atomic E-state index is -0.412. The van der Waals surface area contributed by atoms with Gasteiger partial charge in [0.1, 0.15) is 11.2 Å². The van der Waals surface area contributed by atoms with Crippen LogP contribution in [0.15, 0.2) is 36.8 Å². The molecule has 2 fully saturated rings. The van der Waals surface area contributed by atoms with Crippen molar-refractivity contribution >= 4 is 21.9 Å². The first kappa shape index (κ1) is 24.6. The number of aromatic nitrogens is 6. The average molecular weight is 549 g/mol. The molecule has 0 radical (unpaired) electrons. The van der Waals surface area contributed by atoms with Crippen molar-refractivity contribution in [1.82, 2.24) is 34.4 Å². The van der Waals surface area contributed by atoms with Gasteiger partial charge in [0.2, 0.25) is 5.88 Å². The van der Waals surface area contributed by atoms with Gasteiger partial charge in [-0.3, -0.25) is 14.3 Å². The van der Waals surface area contributed by atoms with Crippen molar-refractivity contribution in [3.8, 4) is 34.3 Å². The van der Waals surface area contributed by atoms with Crippen molar-refractivity contribution < 1.29 is 9.47 Å². The van der Waals surface area contributed by atoms with Gasteiger partial charge >= 0.3 is 0 Å². The van der Waals surface area contributed by atoms with Gasteiger partial charge in [-0.2, -0.15) is 10.4 Å². The number of hydrogen-bond acceptors (Lipinski definition) is 7. The van der Waals surface area contributed by atoms with Crippen molar-refractivity contribution in [2.75, 3.05) is 26.7 Å². The maximum absolute atomic E-state index is 9.39. The van der Waals surface area contributed by atoms with Crippen molar-refractivity contribution in [2.24, 2.45) is 19.5 Å². The quantitative estimate of drug-likeness (QED) is 0.329.